The molecular formula is C11H13N5O4. The summed E-state index contributed by atoms with van der Waals surface area (Å²) in [5, 5.41) is 3.37. The minimum atomic E-state index is -0.823. The molecule has 1 aromatic carbocycles. The van der Waals surface area contributed by atoms with Crippen molar-refractivity contribution in [3.8, 4) is 0 Å². The summed E-state index contributed by atoms with van der Waals surface area (Å²) in [5.41, 5.74) is 12.9. The Morgan fingerprint density at radius 1 is 1.30 bits per heavy atom. The molecule has 1 rings (SSSR count). The number of azide groups is 1. The van der Waals surface area contributed by atoms with Gasteiger partial charge in [0.15, 0.2) is 0 Å². The SMILES string of the molecule is COCCOC(=O)NNC(=O)c1ccccc1N=[N+]=[N-]. The van der Waals surface area contributed by atoms with E-state index in [1.165, 1.54) is 19.2 Å². The van der Waals surface area contributed by atoms with Crippen LogP contribution in [0, 0.1) is 0 Å². The molecule has 0 atom stereocenters. The molecule has 0 saturated carbocycles. The smallest absolute Gasteiger partial charge is 0.426 e. The van der Waals surface area contributed by atoms with Crippen LogP contribution in [0.1, 0.15) is 10.4 Å². The van der Waals surface area contributed by atoms with Crippen LogP contribution in [0.2, 0.25) is 0 Å². The molecule has 0 bridgehead atoms. The zero-order valence-electron chi connectivity index (χ0n) is 10.7. The lowest BCUT2D eigenvalue weighted by molar-refractivity contribution is 0.0849. The second kappa shape index (κ2) is 8.35. The monoisotopic (exact) mass is 279 g/mol. The molecule has 0 saturated heterocycles. The van der Waals surface area contributed by atoms with Gasteiger partial charge in [-0.1, -0.05) is 23.3 Å². The molecule has 0 heterocycles. The zero-order chi connectivity index (χ0) is 14.8. The van der Waals surface area contributed by atoms with E-state index in [1.807, 2.05) is 0 Å². The molecule has 20 heavy (non-hydrogen) atoms. The highest BCUT2D eigenvalue weighted by Gasteiger charge is 2.11. The van der Waals surface area contributed by atoms with Gasteiger partial charge in [-0.05, 0) is 11.6 Å². The highest BCUT2D eigenvalue weighted by atomic mass is 16.6. The van der Waals surface area contributed by atoms with Crippen molar-refractivity contribution in [3.05, 3.63) is 40.3 Å². The van der Waals surface area contributed by atoms with Crippen LogP contribution in [0.5, 0.6) is 0 Å². The molecule has 0 fully saturated rings. The van der Waals surface area contributed by atoms with Gasteiger partial charge in [-0.15, -0.1) is 0 Å². The van der Waals surface area contributed by atoms with E-state index in [2.05, 4.69) is 25.6 Å². The maximum absolute atomic E-state index is 11.8. The normalized spacial score (nSPS) is 9.25. The van der Waals surface area contributed by atoms with Gasteiger partial charge >= 0.3 is 6.09 Å². The van der Waals surface area contributed by atoms with E-state index in [0.29, 0.717) is 0 Å². The van der Waals surface area contributed by atoms with E-state index in [1.54, 1.807) is 12.1 Å². The Labute approximate surface area is 114 Å². The minimum Gasteiger partial charge on any atom is -0.446 e. The summed E-state index contributed by atoms with van der Waals surface area (Å²) in [4.78, 5) is 25.6. The number of methoxy groups -OCH3 is 1. The number of ether oxygens (including phenoxy) is 2. The number of nitrogens with zero attached hydrogens (tertiary/aromatic N) is 3. The topological polar surface area (TPSA) is 125 Å². The molecule has 9 nitrogen and oxygen atoms in total. The van der Waals surface area contributed by atoms with E-state index in [-0.39, 0.29) is 24.5 Å². The standard InChI is InChI=1S/C11H13N5O4/c1-19-6-7-20-11(18)15-14-10(17)8-4-2-3-5-9(8)13-16-12/h2-5H,6-7H2,1H3,(H,14,17)(H,15,18). The van der Waals surface area contributed by atoms with Gasteiger partial charge in [-0.25, -0.2) is 10.2 Å². The third-order valence-corrected chi connectivity index (χ3v) is 2.10. The summed E-state index contributed by atoms with van der Waals surface area (Å²) in [5.74, 6) is -0.628. The maximum Gasteiger partial charge on any atom is 0.426 e. The van der Waals surface area contributed by atoms with Crippen molar-refractivity contribution in [1.82, 2.24) is 10.9 Å². The molecule has 0 aromatic heterocycles. The first-order valence-electron chi connectivity index (χ1n) is 5.55. The Morgan fingerprint density at radius 3 is 2.75 bits per heavy atom. The molecular weight excluding hydrogens is 266 g/mol. The zero-order valence-corrected chi connectivity index (χ0v) is 10.7. The van der Waals surface area contributed by atoms with Crippen LogP contribution in [0.4, 0.5) is 10.5 Å². The molecule has 0 radical (unpaired) electrons. The van der Waals surface area contributed by atoms with Gasteiger partial charge in [0.05, 0.1) is 17.9 Å². The third kappa shape index (κ3) is 4.84. The fourth-order valence-electron chi connectivity index (χ4n) is 1.23. The number of rotatable bonds is 5. The number of carbonyl (C=O) groups excluding carboxylic acids is 2. The molecule has 1 aromatic rings. The average Bonchev–Trinajstić information content (AvgIpc) is 2.46. The van der Waals surface area contributed by atoms with Crippen LogP contribution < -0.4 is 10.9 Å². The summed E-state index contributed by atoms with van der Waals surface area (Å²) >= 11 is 0. The second-order valence-corrected chi connectivity index (χ2v) is 3.41. The van der Waals surface area contributed by atoms with Crippen LogP contribution in [0.25, 0.3) is 10.4 Å². The number of nitrogens with one attached hydrogen (secondary N) is 2. The molecule has 0 aliphatic heterocycles. The van der Waals surface area contributed by atoms with Gasteiger partial charge < -0.3 is 9.47 Å². The van der Waals surface area contributed by atoms with E-state index in [9.17, 15) is 9.59 Å². The molecule has 2 N–H and O–H groups in total. The summed E-state index contributed by atoms with van der Waals surface area (Å²) < 4.78 is 9.37. The number of hydrazine groups is 1. The van der Waals surface area contributed by atoms with Gasteiger partial charge in [-0.3, -0.25) is 10.2 Å². The maximum atomic E-state index is 11.8. The van der Waals surface area contributed by atoms with Crippen molar-refractivity contribution >= 4 is 17.7 Å². The Hall–Kier alpha value is -2.77. The lowest BCUT2D eigenvalue weighted by Gasteiger charge is -2.09. The Balaban J connectivity index is 2.55. The summed E-state index contributed by atoms with van der Waals surface area (Å²) in [6.07, 6.45) is -0.823. The van der Waals surface area contributed by atoms with Gasteiger partial charge in [0, 0.05) is 12.0 Å². The summed E-state index contributed by atoms with van der Waals surface area (Å²) in [7, 11) is 1.47. The Kier molecular flexibility index (Phi) is 6.38. The first kappa shape index (κ1) is 15.3. The molecule has 0 spiro atoms. The first-order valence-corrected chi connectivity index (χ1v) is 5.55. The highest BCUT2D eigenvalue weighted by molar-refractivity contribution is 5.99. The van der Waals surface area contributed by atoms with Crippen LogP contribution in [0.15, 0.2) is 29.4 Å². The third-order valence-electron chi connectivity index (χ3n) is 2.10. The van der Waals surface area contributed by atoms with Crippen LogP contribution in [-0.2, 0) is 9.47 Å². The average molecular weight is 279 g/mol. The van der Waals surface area contributed by atoms with Crippen LogP contribution >= 0.6 is 0 Å². The largest absolute Gasteiger partial charge is 0.446 e. The first-order chi connectivity index (χ1) is 9.69. The minimum absolute atomic E-state index is 0.0630. The van der Waals surface area contributed by atoms with Crippen molar-refractivity contribution in [3.63, 3.8) is 0 Å². The summed E-state index contributed by atoms with van der Waals surface area (Å²) in [6.45, 7) is 0.314. The van der Waals surface area contributed by atoms with Gasteiger partial charge in [-0.2, -0.15) is 0 Å². The molecule has 0 aliphatic carbocycles. The fraction of sp³-hybridized carbons (Fsp3) is 0.273. The van der Waals surface area contributed by atoms with Crippen molar-refractivity contribution in [1.29, 1.82) is 0 Å². The summed E-state index contributed by atoms with van der Waals surface area (Å²) in [6, 6.07) is 6.15. The number of hydrogen-bond donors (Lipinski definition) is 2. The van der Waals surface area contributed by atoms with E-state index >= 15 is 0 Å². The highest BCUT2D eigenvalue weighted by Crippen LogP contribution is 2.18. The van der Waals surface area contributed by atoms with Gasteiger partial charge in [0.25, 0.3) is 5.91 Å². The number of hydrogen-bond acceptors (Lipinski definition) is 5. The number of carbonyl (C=O) groups is 2. The lowest BCUT2D eigenvalue weighted by Crippen LogP contribution is -2.42. The Bertz CT molecular complexity index is 527. The van der Waals surface area contributed by atoms with Gasteiger partial charge in [0.2, 0.25) is 0 Å². The van der Waals surface area contributed by atoms with Crippen molar-refractivity contribution < 1.29 is 19.1 Å². The quantitative estimate of drug-likeness (QED) is 0.279. The van der Waals surface area contributed by atoms with E-state index < -0.39 is 12.0 Å². The predicted octanol–water partition coefficient (Wildman–Crippen LogP) is 1.65. The molecule has 2 amide bonds. The van der Waals surface area contributed by atoms with E-state index in [4.69, 9.17) is 10.3 Å². The number of amides is 2. The number of benzene rings is 1. The van der Waals surface area contributed by atoms with Crippen LogP contribution in [0.3, 0.4) is 0 Å². The molecule has 0 unspecified atom stereocenters. The molecule has 106 valence electrons. The molecule has 0 aliphatic rings. The van der Waals surface area contributed by atoms with Crippen molar-refractivity contribution in [2.45, 2.75) is 0 Å². The van der Waals surface area contributed by atoms with Crippen molar-refractivity contribution in [2.24, 2.45) is 5.11 Å². The lowest BCUT2D eigenvalue weighted by atomic mass is 10.2. The predicted molar refractivity (Wildman–Crippen MR) is 69.1 cm³/mol. The van der Waals surface area contributed by atoms with Gasteiger partial charge in [0.1, 0.15) is 6.61 Å². The fourth-order valence-corrected chi connectivity index (χ4v) is 1.23. The van der Waals surface area contributed by atoms with E-state index in [0.717, 1.165) is 0 Å². The molecule has 9 heteroatoms. The Morgan fingerprint density at radius 2 is 2.05 bits per heavy atom. The van der Waals surface area contributed by atoms with Crippen LogP contribution in [-0.4, -0.2) is 32.3 Å². The van der Waals surface area contributed by atoms with Crippen molar-refractivity contribution in [2.75, 3.05) is 20.3 Å². The second-order valence-electron chi connectivity index (χ2n) is 3.41.